The van der Waals surface area contributed by atoms with E-state index in [0.29, 0.717) is 11.1 Å². The van der Waals surface area contributed by atoms with Gasteiger partial charge in [0, 0.05) is 74.7 Å². The summed E-state index contributed by atoms with van der Waals surface area (Å²) in [5.74, 6) is 0.733. The molecule has 0 radical (unpaired) electrons. The minimum Gasteiger partial charge on any atom is -0.306 e. The first-order valence-corrected chi connectivity index (χ1v) is 17.9. The Morgan fingerprint density at radius 2 is 1.10 bits per heavy atom. The van der Waals surface area contributed by atoms with Crippen molar-refractivity contribution in [3.05, 3.63) is 88.3 Å². The molecule has 1 N–H and O–H groups in total. The number of nitrogens with zero attached hydrogens (tertiary/aromatic N) is 7. The Morgan fingerprint density at radius 3 is 1.55 bits per heavy atom. The van der Waals surface area contributed by atoms with Crippen LogP contribution in [-0.2, 0) is 27.1 Å². The van der Waals surface area contributed by atoms with Gasteiger partial charge in [-0.25, -0.2) is 24.9 Å². The molecule has 0 aliphatic rings. The average Bonchev–Trinajstić information content (AvgIpc) is 3.43. The van der Waals surface area contributed by atoms with E-state index in [2.05, 4.69) is 157 Å². The van der Waals surface area contributed by atoms with Gasteiger partial charge in [0.1, 0.15) is 17.8 Å². The molecule has 0 spiro atoms. The number of imidazole rings is 1. The molecule has 0 atom stereocenters. The minimum absolute atomic E-state index is 0.00780. The third kappa shape index (κ3) is 13.9. The van der Waals surface area contributed by atoms with Gasteiger partial charge in [0.05, 0.1) is 11.4 Å². The molecule has 0 aliphatic heterocycles. The molecule has 0 fully saturated rings. The first kappa shape index (κ1) is 43.2. The van der Waals surface area contributed by atoms with E-state index in [9.17, 15) is 4.79 Å². The number of hydrogen-bond donors (Lipinski definition) is 1. The zero-order valence-corrected chi connectivity index (χ0v) is 35.2. The molecule has 0 saturated heterocycles. The van der Waals surface area contributed by atoms with Crippen LogP contribution in [0.4, 0.5) is 0 Å². The lowest BCUT2D eigenvalue weighted by molar-refractivity contribution is 0.469. The van der Waals surface area contributed by atoms with Crippen molar-refractivity contribution >= 4 is 16.7 Å². The monoisotopic (exact) mass is 699 g/mol. The number of rotatable bonds is 0. The van der Waals surface area contributed by atoms with Gasteiger partial charge >= 0.3 is 0 Å². The van der Waals surface area contributed by atoms with Crippen LogP contribution in [0.5, 0.6) is 0 Å². The fourth-order valence-corrected chi connectivity index (χ4v) is 4.27. The number of fused-ring (bicyclic) bond motifs is 2. The van der Waals surface area contributed by atoms with Gasteiger partial charge in [-0.05, 0) is 17.5 Å². The average molecular weight is 699 g/mol. The molecule has 280 valence electrons. The normalized spacial score (nSPS) is 12.7. The van der Waals surface area contributed by atoms with E-state index in [1.165, 1.54) is 6.07 Å². The summed E-state index contributed by atoms with van der Waals surface area (Å²) in [5.41, 5.74) is 6.46. The summed E-state index contributed by atoms with van der Waals surface area (Å²) >= 11 is 0. The van der Waals surface area contributed by atoms with Gasteiger partial charge in [0.15, 0.2) is 5.65 Å². The molecule has 5 aromatic rings. The number of aromatic amines is 1. The predicted octanol–water partition coefficient (Wildman–Crippen LogP) is 10.1. The number of H-pyrrole nitrogens is 1. The van der Waals surface area contributed by atoms with Crippen molar-refractivity contribution in [3.8, 4) is 0 Å². The molecular formula is C42H66N8O. The van der Waals surface area contributed by atoms with Gasteiger partial charge in [-0.3, -0.25) is 9.78 Å². The SMILES string of the molecule is CC(C)(C)C.CC(C)(C)c1cc(C(C)(C)C)ncn1.CC(C)(C)c1cn2ccnc2c(C(C)(C)C)n1.CC(C)(C)c1ncc2ccc(=O)[nH]c2n1. The van der Waals surface area contributed by atoms with Crippen LogP contribution in [0.25, 0.3) is 16.7 Å². The van der Waals surface area contributed by atoms with Crippen LogP contribution in [-0.4, -0.2) is 39.3 Å². The Labute approximate surface area is 307 Å². The third-order valence-electron chi connectivity index (χ3n) is 7.20. The Morgan fingerprint density at radius 1 is 0.588 bits per heavy atom. The highest BCUT2D eigenvalue weighted by atomic mass is 16.1. The molecule has 5 aromatic heterocycles. The van der Waals surface area contributed by atoms with Crippen LogP contribution in [0.1, 0.15) is 160 Å². The van der Waals surface area contributed by atoms with Crippen LogP contribution in [0.3, 0.4) is 0 Å². The maximum absolute atomic E-state index is 11.1. The second-order valence-electron chi connectivity index (χ2n) is 20.0. The lowest BCUT2D eigenvalue weighted by Crippen LogP contribution is -2.21. The van der Waals surface area contributed by atoms with Gasteiger partial charge in [0.25, 0.3) is 0 Å². The van der Waals surface area contributed by atoms with E-state index in [1.807, 2.05) is 33.2 Å². The zero-order chi connectivity index (χ0) is 39.4. The van der Waals surface area contributed by atoms with E-state index >= 15 is 0 Å². The third-order valence-corrected chi connectivity index (χ3v) is 7.20. The number of aromatic nitrogens is 8. The van der Waals surface area contributed by atoms with Gasteiger partial charge < -0.3 is 9.38 Å². The van der Waals surface area contributed by atoms with E-state index in [1.54, 1.807) is 18.6 Å². The smallest absolute Gasteiger partial charge is 0.249 e. The molecule has 0 amide bonds. The van der Waals surface area contributed by atoms with E-state index in [0.717, 1.165) is 39.6 Å². The first-order valence-electron chi connectivity index (χ1n) is 17.9. The highest BCUT2D eigenvalue weighted by molar-refractivity contribution is 5.72. The van der Waals surface area contributed by atoms with E-state index < -0.39 is 0 Å². The highest BCUT2D eigenvalue weighted by Crippen LogP contribution is 2.28. The standard InChI is InChI=1S/C14H21N3.C12H20N2.C11H13N3O.C5H12/c1-13(2,3)10-9-17-8-7-15-12(17)11(16-10)14(4,5)6;1-11(2,3)9-7-10(12(4,5)6)14-8-13-9;1-11(2,3)10-12-6-7-4-5-8(15)13-9(7)14-10;1-5(2,3)4/h7-9H,1-6H3;7-8H,1-6H3;4-6H,1-3H3,(H,12,13,14,15);1-4H3. The molecule has 9 nitrogen and oxygen atoms in total. The fourth-order valence-electron chi connectivity index (χ4n) is 4.27. The van der Waals surface area contributed by atoms with Crippen LogP contribution in [0.2, 0.25) is 0 Å². The summed E-state index contributed by atoms with van der Waals surface area (Å²) in [4.78, 5) is 40.3. The van der Waals surface area contributed by atoms with Crippen LogP contribution in [0.15, 0.2) is 54.1 Å². The van der Waals surface area contributed by atoms with Gasteiger partial charge in [-0.15, -0.1) is 0 Å². The van der Waals surface area contributed by atoms with Crippen molar-refractivity contribution in [1.82, 2.24) is 39.3 Å². The second-order valence-corrected chi connectivity index (χ2v) is 20.0. The van der Waals surface area contributed by atoms with Gasteiger partial charge in [-0.2, -0.15) is 0 Å². The quantitative estimate of drug-likeness (QED) is 0.171. The van der Waals surface area contributed by atoms with Crippen molar-refractivity contribution in [2.24, 2.45) is 5.41 Å². The Bertz CT molecular complexity index is 1890. The topological polar surface area (TPSA) is 115 Å². The summed E-state index contributed by atoms with van der Waals surface area (Å²) in [6.07, 6.45) is 9.30. The largest absolute Gasteiger partial charge is 0.306 e. The van der Waals surface area contributed by atoms with Crippen LogP contribution in [0, 0.1) is 5.41 Å². The number of hydrogen-bond acceptors (Lipinski definition) is 7. The van der Waals surface area contributed by atoms with Crippen molar-refractivity contribution in [2.75, 3.05) is 0 Å². The molecule has 51 heavy (non-hydrogen) atoms. The molecule has 0 bridgehead atoms. The lowest BCUT2D eigenvalue weighted by atomic mass is 9.87. The summed E-state index contributed by atoms with van der Waals surface area (Å²) < 4.78 is 2.08. The summed E-state index contributed by atoms with van der Waals surface area (Å²) in [5, 5.41) is 0.850. The van der Waals surface area contributed by atoms with Crippen molar-refractivity contribution < 1.29 is 0 Å². The molecule has 0 aliphatic carbocycles. The summed E-state index contributed by atoms with van der Waals surface area (Å²) in [6, 6.07) is 5.31. The predicted molar refractivity (Wildman–Crippen MR) is 214 cm³/mol. The van der Waals surface area contributed by atoms with Gasteiger partial charge in [0.2, 0.25) is 5.56 Å². The molecule has 0 saturated carbocycles. The highest BCUT2D eigenvalue weighted by Gasteiger charge is 2.25. The summed E-state index contributed by atoms with van der Waals surface area (Å²) in [6.45, 7) is 41.0. The minimum atomic E-state index is -0.138. The molecule has 9 heteroatoms. The van der Waals surface area contributed by atoms with Crippen molar-refractivity contribution in [1.29, 1.82) is 0 Å². The molecular weight excluding hydrogens is 633 g/mol. The fraction of sp³-hybridized carbons (Fsp3) is 0.595. The zero-order valence-electron chi connectivity index (χ0n) is 35.2. The number of nitrogens with one attached hydrogen (secondary N) is 1. The van der Waals surface area contributed by atoms with Crippen molar-refractivity contribution in [3.63, 3.8) is 0 Å². The second kappa shape index (κ2) is 15.7. The van der Waals surface area contributed by atoms with Crippen molar-refractivity contribution in [2.45, 2.75) is 159 Å². The Hall–Kier alpha value is -4.01. The lowest BCUT2D eigenvalue weighted by Gasteiger charge is -2.24. The molecule has 0 unspecified atom stereocenters. The Kier molecular flexibility index (Phi) is 13.3. The van der Waals surface area contributed by atoms with Gasteiger partial charge in [-0.1, -0.05) is 132 Å². The maximum atomic E-state index is 11.1. The first-order chi connectivity index (χ1) is 22.9. The number of pyridine rings is 1. The molecule has 5 rings (SSSR count). The molecule has 0 aromatic carbocycles. The van der Waals surface area contributed by atoms with E-state index in [4.69, 9.17) is 4.98 Å². The molecule has 5 heterocycles. The summed E-state index contributed by atoms with van der Waals surface area (Å²) in [7, 11) is 0. The van der Waals surface area contributed by atoms with Crippen LogP contribution >= 0.6 is 0 Å². The Balaban J connectivity index is 0.000000249. The van der Waals surface area contributed by atoms with E-state index in [-0.39, 0.29) is 32.6 Å². The maximum Gasteiger partial charge on any atom is 0.249 e. The van der Waals surface area contributed by atoms with Crippen LogP contribution < -0.4 is 5.56 Å².